The molecular formula is C18H25N3. The number of hydrogen-bond donors (Lipinski definition) is 0. The van der Waals surface area contributed by atoms with E-state index in [-0.39, 0.29) is 0 Å². The van der Waals surface area contributed by atoms with Crippen LogP contribution in [0, 0.1) is 6.92 Å². The van der Waals surface area contributed by atoms with Crippen molar-refractivity contribution in [2.75, 3.05) is 13.1 Å². The molecule has 1 aliphatic heterocycles. The number of benzene rings is 1. The Bertz CT molecular complexity index is 588. The predicted molar refractivity (Wildman–Crippen MR) is 86.3 cm³/mol. The third-order valence-electron chi connectivity index (χ3n) is 4.64. The van der Waals surface area contributed by atoms with E-state index < -0.39 is 0 Å². The van der Waals surface area contributed by atoms with Gasteiger partial charge in [-0.2, -0.15) is 0 Å². The van der Waals surface area contributed by atoms with Crippen LogP contribution < -0.4 is 0 Å². The molecule has 1 fully saturated rings. The lowest BCUT2D eigenvalue weighted by molar-refractivity contribution is 0.193. The maximum Gasteiger partial charge on any atom is 0.122 e. The first-order valence-electron chi connectivity index (χ1n) is 8.06. The Morgan fingerprint density at radius 1 is 1.29 bits per heavy atom. The van der Waals surface area contributed by atoms with Crippen molar-refractivity contribution in [3.8, 4) is 0 Å². The topological polar surface area (TPSA) is 21.1 Å². The van der Waals surface area contributed by atoms with E-state index in [9.17, 15) is 0 Å². The second-order valence-electron chi connectivity index (χ2n) is 6.06. The van der Waals surface area contributed by atoms with Gasteiger partial charge in [0.05, 0.1) is 6.54 Å². The fourth-order valence-corrected chi connectivity index (χ4v) is 3.48. The zero-order chi connectivity index (χ0) is 14.7. The molecule has 2 heterocycles. The molecule has 1 aromatic carbocycles. The van der Waals surface area contributed by atoms with Gasteiger partial charge in [0.1, 0.15) is 5.82 Å². The quantitative estimate of drug-likeness (QED) is 0.855. The van der Waals surface area contributed by atoms with Crippen LogP contribution in [-0.4, -0.2) is 27.5 Å². The standard InChI is InChI=1S/C18H25N3/c1-3-21-12-10-19-18(21)14-20-11-6-8-16(13-20)17-9-5-4-7-15(17)2/h4-5,7,9-10,12,16H,3,6,8,11,13-14H2,1-2H3/t16-/m1/s1. The van der Waals surface area contributed by atoms with Crippen molar-refractivity contribution in [1.82, 2.24) is 14.5 Å². The Labute approximate surface area is 127 Å². The van der Waals surface area contributed by atoms with Gasteiger partial charge in [0.15, 0.2) is 0 Å². The molecule has 1 aliphatic rings. The molecule has 112 valence electrons. The predicted octanol–water partition coefficient (Wildman–Crippen LogP) is 3.59. The SMILES string of the molecule is CCn1ccnc1CN1CCC[C@@H](c2ccccc2C)C1. The van der Waals surface area contributed by atoms with Crippen molar-refractivity contribution < 1.29 is 0 Å². The minimum atomic E-state index is 0.671. The highest BCUT2D eigenvalue weighted by atomic mass is 15.2. The Balaban J connectivity index is 1.70. The number of piperidine rings is 1. The lowest BCUT2D eigenvalue weighted by atomic mass is 9.88. The van der Waals surface area contributed by atoms with E-state index in [0.717, 1.165) is 19.6 Å². The summed E-state index contributed by atoms with van der Waals surface area (Å²) < 4.78 is 2.25. The number of nitrogens with zero attached hydrogens (tertiary/aromatic N) is 3. The van der Waals surface area contributed by atoms with E-state index in [1.54, 1.807) is 0 Å². The van der Waals surface area contributed by atoms with Crippen molar-refractivity contribution in [3.05, 3.63) is 53.6 Å². The highest BCUT2D eigenvalue weighted by Gasteiger charge is 2.23. The summed E-state index contributed by atoms with van der Waals surface area (Å²) in [5.74, 6) is 1.87. The van der Waals surface area contributed by atoms with Crippen LogP contribution >= 0.6 is 0 Å². The van der Waals surface area contributed by atoms with Crippen LogP contribution in [0.1, 0.15) is 42.6 Å². The van der Waals surface area contributed by atoms with Crippen molar-refractivity contribution in [1.29, 1.82) is 0 Å². The number of aryl methyl sites for hydroxylation is 2. The highest BCUT2D eigenvalue weighted by molar-refractivity contribution is 5.29. The molecule has 1 saturated heterocycles. The molecule has 2 aromatic rings. The molecule has 1 atom stereocenters. The second-order valence-corrected chi connectivity index (χ2v) is 6.06. The fraction of sp³-hybridized carbons (Fsp3) is 0.500. The summed E-state index contributed by atoms with van der Waals surface area (Å²) in [7, 11) is 0. The summed E-state index contributed by atoms with van der Waals surface area (Å²) in [6, 6.07) is 8.84. The minimum Gasteiger partial charge on any atom is -0.334 e. The summed E-state index contributed by atoms with van der Waals surface area (Å²) in [6.07, 6.45) is 6.59. The second kappa shape index (κ2) is 6.44. The van der Waals surface area contributed by atoms with Crippen LogP contribution in [0.25, 0.3) is 0 Å². The average molecular weight is 283 g/mol. The van der Waals surface area contributed by atoms with Gasteiger partial charge < -0.3 is 4.57 Å². The lowest BCUT2D eigenvalue weighted by Gasteiger charge is -2.33. The Morgan fingerprint density at radius 3 is 2.95 bits per heavy atom. The molecule has 3 nitrogen and oxygen atoms in total. The van der Waals surface area contributed by atoms with Crippen LogP contribution in [0.3, 0.4) is 0 Å². The van der Waals surface area contributed by atoms with Crippen LogP contribution in [0.5, 0.6) is 0 Å². The largest absolute Gasteiger partial charge is 0.334 e. The van der Waals surface area contributed by atoms with Crippen molar-refractivity contribution in [2.45, 2.75) is 45.7 Å². The molecule has 0 N–H and O–H groups in total. The maximum absolute atomic E-state index is 4.52. The molecule has 1 aromatic heterocycles. The number of likely N-dealkylation sites (tertiary alicyclic amines) is 1. The number of aromatic nitrogens is 2. The first-order chi connectivity index (χ1) is 10.3. The summed E-state index contributed by atoms with van der Waals surface area (Å²) in [5.41, 5.74) is 2.96. The Hall–Kier alpha value is -1.61. The molecule has 3 heteroatoms. The summed E-state index contributed by atoms with van der Waals surface area (Å²) in [4.78, 5) is 7.08. The van der Waals surface area contributed by atoms with Gasteiger partial charge in [0, 0.05) is 25.5 Å². The van der Waals surface area contributed by atoms with Crippen LogP contribution in [-0.2, 0) is 13.1 Å². The zero-order valence-corrected chi connectivity index (χ0v) is 13.1. The molecule has 0 bridgehead atoms. The van der Waals surface area contributed by atoms with E-state index in [1.807, 2.05) is 6.20 Å². The zero-order valence-electron chi connectivity index (χ0n) is 13.1. The van der Waals surface area contributed by atoms with E-state index in [4.69, 9.17) is 0 Å². The summed E-state index contributed by atoms with van der Waals surface area (Å²) in [6.45, 7) is 8.74. The molecule has 0 radical (unpaired) electrons. The highest BCUT2D eigenvalue weighted by Crippen LogP contribution is 2.29. The van der Waals surface area contributed by atoms with E-state index in [0.29, 0.717) is 5.92 Å². The van der Waals surface area contributed by atoms with E-state index in [2.05, 4.69) is 58.8 Å². The normalized spacial score (nSPS) is 19.8. The monoisotopic (exact) mass is 283 g/mol. The van der Waals surface area contributed by atoms with Gasteiger partial charge in [0.25, 0.3) is 0 Å². The van der Waals surface area contributed by atoms with Gasteiger partial charge in [-0.05, 0) is 50.3 Å². The molecule has 0 saturated carbocycles. The molecule has 0 aliphatic carbocycles. The van der Waals surface area contributed by atoms with E-state index >= 15 is 0 Å². The van der Waals surface area contributed by atoms with Crippen LogP contribution in [0.2, 0.25) is 0 Å². The first kappa shape index (κ1) is 14.3. The van der Waals surface area contributed by atoms with Crippen LogP contribution in [0.15, 0.2) is 36.7 Å². The van der Waals surface area contributed by atoms with Crippen molar-refractivity contribution in [3.63, 3.8) is 0 Å². The Morgan fingerprint density at radius 2 is 2.14 bits per heavy atom. The number of hydrogen-bond acceptors (Lipinski definition) is 2. The molecule has 0 spiro atoms. The average Bonchev–Trinajstić information content (AvgIpc) is 2.95. The Kier molecular flexibility index (Phi) is 4.39. The summed E-state index contributed by atoms with van der Waals surface area (Å²) >= 11 is 0. The van der Waals surface area contributed by atoms with Crippen molar-refractivity contribution in [2.24, 2.45) is 0 Å². The molecule has 21 heavy (non-hydrogen) atoms. The van der Waals surface area contributed by atoms with Crippen LogP contribution in [0.4, 0.5) is 0 Å². The number of rotatable bonds is 4. The van der Waals surface area contributed by atoms with Gasteiger partial charge in [0.2, 0.25) is 0 Å². The smallest absolute Gasteiger partial charge is 0.122 e. The molecule has 3 rings (SSSR count). The molecular weight excluding hydrogens is 258 g/mol. The van der Waals surface area contributed by atoms with Gasteiger partial charge in [-0.1, -0.05) is 24.3 Å². The number of imidazole rings is 1. The van der Waals surface area contributed by atoms with Crippen molar-refractivity contribution >= 4 is 0 Å². The van der Waals surface area contributed by atoms with Gasteiger partial charge >= 0.3 is 0 Å². The third-order valence-corrected chi connectivity index (χ3v) is 4.64. The fourth-order valence-electron chi connectivity index (χ4n) is 3.48. The van der Waals surface area contributed by atoms with Gasteiger partial charge in [-0.25, -0.2) is 4.98 Å². The molecule has 0 unspecified atom stereocenters. The van der Waals surface area contributed by atoms with Gasteiger partial charge in [-0.15, -0.1) is 0 Å². The van der Waals surface area contributed by atoms with E-state index in [1.165, 1.54) is 36.3 Å². The first-order valence-corrected chi connectivity index (χ1v) is 8.06. The third kappa shape index (κ3) is 3.18. The van der Waals surface area contributed by atoms with Gasteiger partial charge in [-0.3, -0.25) is 4.90 Å². The molecule has 0 amide bonds. The summed E-state index contributed by atoms with van der Waals surface area (Å²) in [5, 5.41) is 0. The minimum absolute atomic E-state index is 0.671. The maximum atomic E-state index is 4.52. The lowest BCUT2D eigenvalue weighted by Crippen LogP contribution is -2.35.